The first-order chi connectivity index (χ1) is 16.0. The molecule has 0 aliphatic heterocycles. The summed E-state index contributed by atoms with van der Waals surface area (Å²) in [5, 5.41) is 0. The predicted molar refractivity (Wildman–Crippen MR) is 123 cm³/mol. The standard InChI is InChI=1S/C26H33F3O5/c1-7-11-17(2)22(15-19-14-21(31-4)16-23(32-5)18(19)3)34-24(30)25(33-6,26(27,28)29)20-12-9-8-10-13-20/h8-10,12-14,16-17,22H,7,11,15H2,1-6H3/t17-,22+,25+/m0/s1. The van der Waals surface area contributed by atoms with E-state index in [1.165, 1.54) is 38.5 Å². The summed E-state index contributed by atoms with van der Waals surface area (Å²) >= 11 is 0. The number of ether oxygens (including phenoxy) is 4. The fourth-order valence-electron chi connectivity index (χ4n) is 4.08. The Bertz CT molecular complexity index is 945. The molecule has 2 aromatic carbocycles. The Labute approximate surface area is 199 Å². The van der Waals surface area contributed by atoms with E-state index in [9.17, 15) is 18.0 Å². The zero-order valence-corrected chi connectivity index (χ0v) is 20.5. The smallest absolute Gasteiger partial charge is 0.432 e. The van der Waals surface area contributed by atoms with Crippen LogP contribution in [0.5, 0.6) is 11.5 Å². The van der Waals surface area contributed by atoms with E-state index in [0.717, 1.165) is 24.7 Å². The van der Waals surface area contributed by atoms with Crippen molar-refractivity contribution in [3.05, 3.63) is 59.2 Å². The van der Waals surface area contributed by atoms with Gasteiger partial charge < -0.3 is 18.9 Å². The van der Waals surface area contributed by atoms with Gasteiger partial charge in [-0.25, -0.2) is 4.79 Å². The maximum Gasteiger partial charge on any atom is 0.432 e. The molecule has 0 saturated carbocycles. The molecule has 0 spiro atoms. The molecule has 0 saturated heterocycles. The molecule has 0 aliphatic rings. The number of hydrogen-bond donors (Lipinski definition) is 0. The summed E-state index contributed by atoms with van der Waals surface area (Å²) in [5.74, 6) is -0.580. The van der Waals surface area contributed by atoms with Crippen molar-refractivity contribution < 1.29 is 36.9 Å². The first-order valence-corrected chi connectivity index (χ1v) is 11.2. The Morgan fingerprint density at radius 3 is 2.18 bits per heavy atom. The maximum atomic E-state index is 14.3. The molecular formula is C26H33F3O5. The second-order valence-electron chi connectivity index (χ2n) is 8.28. The van der Waals surface area contributed by atoms with E-state index in [4.69, 9.17) is 18.9 Å². The van der Waals surface area contributed by atoms with Gasteiger partial charge in [-0.15, -0.1) is 0 Å². The molecule has 8 heteroatoms. The fourth-order valence-corrected chi connectivity index (χ4v) is 4.08. The Hall–Kier alpha value is -2.74. The summed E-state index contributed by atoms with van der Waals surface area (Å²) in [6, 6.07) is 10.3. The first kappa shape index (κ1) is 27.5. The third-order valence-electron chi connectivity index (χ3n) is 6.13. The van der Waals surface area contributed by atoms with Crippen LogP contribution in [0.15, 0.2) is 42.5 Å². The normalized spacial score (nSPS) is 15.2. The molecule has 34 heavy (non-hydrogen) atoms. The lowest BCUT2D eigenvalue weighted by atomic mass is 9.90. The van der Waals surface area contributed by atoms with Crippen molar-refractivity contribution in [1.82, 2.24) is 0 Å². The van der Waals surface area contributed by atoms with E-state index >= 15 is 0 Å². The Balaban J connectivity index is 2.51. The largest absolute Gasteiger partial charge is 0.497 e. The van der Waals surface area contributed by atoms with Crippen molar-refractivity contribution in [3.63, 3.8) is 0 Å². The quantitative estimate of drug-likeness (QED) is 0.367. The molecule has 0 radical (unpaired) electrons. The van der Waals surface area contributed by atoms with Gasteiger partial charge in [0.15, 0.2) is 0 Å². The minimum absolute atomic E-state index is 0.193. The summed E-state index contributed by atoms with van der Waals surface area (Å²) in [7, 11) is 3.91. The lowest BCUT2D eigenvalue weighted by Crippen LogP contribution is -2.53. The highest BCUT2D eigenvalue weighted by atomic mass is 19.4. The number of esters is 1. The summed E-state index contributed by atoms with van der Waals surface area (Å²) in [4.78, 5) is 13.3. The Morgan fingerprint density at radius 1 is 1.03 bits per heavy atom. The molecule has 0 fully saturated rings. The zero-order valence-electron chi connectivity index (χ0n) is 20.5. The van der Waals surface area contributed by atoms with E-state index in [-0.39, 0.29) is 17.9 Å². The minimum Gasteiger partial charge on any atom is -0.497 e. The molecule has 3 atom stereocenters. The molecule has 0 heterocycles. The molecule has 2 rings (SSSR count). The maximum absolute atomic E-state index is 14.3. The molecule has 0 amide bonds. The molecule has 0 aromatic heterocycles. The van der Waals surface area contributed by atoms with E-state index in [1.807, 2.05) is 20.8 Å². The van der Waals surface area contributed by atoms with Crippen LogP contribution in [0, 0.1) is 12.8 Å². The summed E-state index contributed by atoms with van der Waals surface area (Å²) in [5.41, 5.74) is -2.02. The third-order valence-corrected chi connectivity index (χ3v) is 6.13. The van der Waals surface area contributed by atoms with Crippen molar-refractivity contribution in [2.45, 2.75) is 57.9 Å². The number of carbonyl (C=O) groups excluding carboxylic acids is 1. The summed E-state index contributed by atoms with van der Waals surface area (Å²) in [6.45, 7) is 5.67. The van der Waals surface area contributed by atoms with Gasteiger partial charge in [0.1, 0.15) is 17.6 Å². The van der Waals surface area contributed by atoms with E-state index in [1.54, 1.807) is 18.2 Å². The summed E-state index contributed by atoms with van der Waals surface area (Å²) < 4.78 is 64.3. The zero-order chi connectivity index (χ0) is 25.5. The van der Waals surface area contributed by atoms with Crippen LogP contribution < -0.4 is 9.47 Å². The Kier molecular flexibility index (Phi) is 9.38. The molecule has 188 valence electrons. The van der Waals surface area contributed by atoms with Gasteiger partial charge in [0.25, 0.3) is 5.60 Å². The number of halogens is 3. The van der Waals surface area contributed by atoms with E-state index < -0.39 is 23.9 Å². The first-order valence-electron chi connectivity index (χ1n) is 11.2. The Morgan fingerprint density at radius 2 is 1.68 bits per heavy atom. The highest BCUT2D eigenvalue weighted by Crippen LogP contribution is 2.43. The second-order valence-corrected chi connectivity index (χ2v) is 8.28. The molecule has 0 N–H and O–H groups in total. The van der Waals surface area contributed by atoms with Gasteiger partial charge in [-0.1, -0.05) is 50.6 Å². The van der Waals surface area contributed by atoms with Crippen molar-refractivity contribution in [1.29, 1.82) is 0 Å². The number of benzene rings is 2. The third kappa shape index (κ3) is 5.66. The average Bonchev–Trinajstić information content (AvgIpc) is 2.80. The van der Waals surface area contributed by atoms with Crippen molar-refractivity contribution in [3.8, 4) is 11.5 Å². The van der Waals surface area contributed by atoms with Crippen LogP contribution in [0.4, 0.5) is 13.2 Å². The van der Waals surface area contributed by atoms with Crippen molar-refractivity contribution in [2.24, 2.45) is 5.92 Å². The van der Waals surface area contributed by atoms with Crippen LogP contribution in [-0.2, 0) is 26.3 Å². The van der Waals surface area contributed by atoms with Crippen molar-refractivity contribution in [2.75, 3.05) is 21.3 Å². The van der Waals surface area contributed by atoms with Crippen LogP contribution in [-0.4, -0.2) is 39.6 Å². The second kappa shape index (κ2) is 11.6. The molecule has 0 bridgehead atoms. The lowest BCUT2D eigenvalue weighted by molar-refractivity contribution is -0.279. The number of alkyl halides is 3. The monoisotopic (exact) mass is 482 g/mol. The lowest BCUT2D eigenvalue weighted by Gasteiger charge is -2.35. The number of rotatable bonds is 11. The fraction of sp³-hybridized carbons (Fsp3) is 0.500. The molecule has 0 unspecified atom stereocenters. The molecule has 5 nitrogen and oxygen atoms in total. The van der Waals surface area contributed by atoms with E-state index in [2.05, 4.69) is 0 Å². The van der Waals surface area contributed by atoms with Crippen molar-refractivity contribution >= 4 is 5.97 Å². The van der Waals surface area contributed by atoms with E-state index in [0.29, 0.717) is 17.9 Å². The van der Waals surface area contributed by atoms with Crippen LogP contribution in [0.3, 0.4) is 0 Å². The SMILES string of the molecule is CCC[C@H](C)[C@@H](Cc1cc(OC)cc(OC)c1C)OC(=O)[C@](OC)(c1ccccc1)C(F)(F)F. The van der Waals surface area contributed by atoms with Crippen LogP contribution in [0.1, 0.15) is 43.4 Å². The number of hydrogen-bond acceptors (Lipinski definition) is 5. The van der Waals surface area contributed by atoms with Crippen LogP contribution in [0.2, 0.25) is 0 Å². The van der Waals surface area contributed by atoms with Gasteiger partial charge in [-0.3, -0.25) is 0 Å². The van der Waals surface area contributed by atoms with Gasteiger partial charge in [-0.2, -0.15) is 13.2 Å². The minimum atomic E-state index is -5.03. The number of carbonyl (C=O) groups is 1. The average molecular weight is 483 g/mol. The van der Waals surface area contributed by atoms with Crippen LogP contribution >= 0.6 is 0 Å². The predicted octanol–water partition coefficient (Wildman–Crippen LogP) is 6.01. The highest BCUT2D eigenvalue weighted by molar-refractivity contribution is 5.83. The molecule has 2 aromatic rings. The highest BCUT2D eigenvalue weighted by Gasteiger charge is 2.64. The van der Waals surface area contributed by atoms with Gasteiger partial charge in [-0.05, 0) is 36.5 Å². The summed E-state index contributed by atoms with van der Waals surface area (Å²) in [6.07, 6.45) is -4.23. The topological polar surface area (TPSA) is 54.0 Å². The number of methoxy groups -OCH3 is 3. The van der Waals surface area contributed by atoms with Gasteiger partial charge >= 0.3 is 12.1 Å². The van der Waals surface area contributed by atoms with Crippen LogP contribution in [0.25, 0.3) is 0 Å². The van der Waals surface area contributed by atoms with Gasteiger partial charge in [0, 0.05) is 25.2 Å². The molecular weight excluding hydrogens is 449 g/mol. The molecule has 0 aliphatic carbocycles. The van der Waals surface area contributed by atoms with Gasteiger partial charge in [0.2, 0.25) is 0 Å². The van der Waals surface area contributed by atoms with Gasteiger partial charge in [0.05, 0.1) is 14.2 Å².